The average Bonchev–Trinajstić information content (AvgIpc) is 2.57. The second-order valence-corrected chi connectivity index (χ2v) is 6.62. The molecule has 0 aliphatic heterocycles. The maximum atomic E-state index is 12.1. The highest BCUT2D eigenvalue weighted by Crippen LogP contribution is 2.27. The number of nitriles is 1. The zero-order valence-corrected chi connectivity index (χ0v) is 14.6. The first-order valence-electron chi connectivity index (χ1n) is 7.80. The number of esters is 1. The Labute approximate surface area is 146 Å². The molecule has 1 aliphatic carbocycles. The number of nitrogens with zero attached hydrogens (tertiary/aromatic N) is 1. The molecule has 1 aliphatic rings. The van der Waals surface area contributed by atoms with Gasteiger partial charge in [-0.2, -0.15) is 5.26 Å². The van der Waals surface area contributed by atoms with Gasteiger partial charge in [-0.25, -0.2) is 0 Å². The lowest BCUT2D eigenvalue weighted by atomic mass is 9.95. The van der Waals surface area contributed by atoms with Gasteiger partial charge < -0.3 is 10.1 Å². The summed E-state index contributed by atoms with van der Waals surface area (Å²) < 4.78 is 5.13. The summed E-state index contributed by atoms with van der Waals surface area (Å²) in [5, 5.41) is 13.5. The summed E-state index contributed by atoms with van der Waals surface area (Å²) in [5.74, 6) is -0.820. The van der Waals surface area contributed by atoms with E-state index in [1.807, 2.05) is 37.5 Å². The third-order valence-corrected chi connectivity index (χ3v) is 4.44. The number of hydrogen-bond donors (Lipinski definition) is 1. The minimum Gasteiger partial charge on any atom is -0.455 e. The molecule has 0 fully saturated rings. The van der Waals surface area contributed by atoms with E-state index in [2.05, 4.69) is 11.4 Å². The van der Waals surface area contributed by atoms with Gasteiger partial charge in [-0.1, -0.05) is 12.2 Å². The van der Waals surface area contributed by atoms with Crippen LogP contribution in [0.15, 0.2) is 29.2 Å². The van der Waals surface area contributed by atoms with Gasteiger partial charge in [0.15, 0.2) is 6.61 Å². The van der Waals surface area contributed by atoms with Crippen molar-refractivity contribution in [3.05, 3.63) is 35.4 Å². The number of allylic oxidation sites excluding steroid dienone is 2. The molecule has 1 aromatic carbocycles. The molecule has 1 aromatic rings. The number of carbonyl (C=O) groups excluding carboxylic acids is 2. The fraction of sp³-hybridized carbons (Fsp3) is 0.389. The third kappa shape index (κ3) is 4.87. The van der Waals surface area contributed by atoms with Crippen LogP contribution >= 0.6 is 11.8 Å². The van der Waals surface area contributed by atoms with Gasteiger partial charge in [0, 0.05) is 10.6 Å². The summed E-state index contributed by atoms with van der Waals surface area (Å²) in [6.07, 6.45) is 6.35. The quantitative estimate of drug-likeness (QED) is 0.381. The van der Waals surface area contributed by atoms with Crippen LogP contribution in [0.2, 0.25) is 0 Å². The number of thiocyanates is 1. The second-order valence-electron chi connectivity index (χ2n) is 5.76. The molecule has 0 radical (unpaired) electrons. The fourth-order valence-electron chi connectivity index (χ4n) is 2.67. The summed E-state index contributed by atoms with van der Waals surface area (Å²) in [6.45, 7) is 3.45. The van der Waals surface area contributed by atoms with Crippen LogP contribution in [-0.4, -0.2) is 18.5 Å². The molecular formula is C18H20N2O3S. The first kappa shape index (κ1) is 18.1. The van der Waals surface area contributed by atoms with Crippen molar-refractivity contribution in [2.24, 2.45) is 5.92 Å². The Morgan fingerprint density at radius 2 is 2.04 bits per heavy atom. The third-order valence-electron chi connectivity index (χ3n) is 3.88. The molecule has 5 nitrogen and oxygen atoms in total. The van der Waals surface area contributed by atoms with Gasteiger partial charge in [0.1, 0.15) is 5.40 Å². The Kier molecular flexibility index (Phi) is 6.44. The molecule has 1 N–H and O–H groups in total. The van der Waals surface area contributed by atoms with Gasteiger partial charge in [-0.05, 0) is 68.1 Å². The SMILES string of the molecule is Cc1cc(SC#N)cc(C)c1NC(=O)COC(=O)[C@@H]1CC=CCC1. The minimum absolute atomic E-state index is 0.145. The van der Waals surface area contributed by atoms with Crippen molar-refractivity contribution in [1.82, 2.24) is 0 Å². The van der Waals surface area contributed by atoms with Crippen LogP contribution in [0, 0.1) is 30.4 Å². The first-order chi connectivity index (χ1) is 11.5. The number of anilines is 1. The van der Waals surface area contributed by atoms with Crippen molar-refractivity contribution < 1.29 is 14.3 Å². The maximum Gasteiger partial charge on any atom is 0.309 e. The monoisotopic (exact) mass is 344 g/mol. The maximum absolute atomic E-state index is 12.1. The molecule has 0 bridgehead atoms. The predicted octanol–water partition coefficient (Wildman–Crippen LogP) is 3.71. The van der Waals surface area contributed by atoms with Gasteiger partial charge in [-0.15, -0.1) is 0 Å². The first-order valence-corrected chi connectivity index (χ1v) is 8.61. The second kappa shape index (κ2) is 8.55. The predicted molar refractivity (Wildman–Crippen MR) is 93.5 cm³/mol. The van der Waals surface area contributed by atoms with Crippen LogP contribution in [0.3, 0.4) is 0 Å². The van der Waals surface area contributed by atoms with Crippen LogP contribution in [0.5, 0.6) is 0 Å². The number of carbonyl (C=O) groups is 2. The zero-order chi connectivity index (χ0) is 17.5. The topological polar surface area (TPSA) is 79.2 Å². The van der Waals surface area contributed by atoms with E-state index in [1.165, 1.54) is 0 Å². The van der Waals surface area contributed by atoms with E-state index < -0.39 is 0 Å². The molecular weight excluding hydrogens is 324 g/mol. The average molecular weight is 344 g/mol. The summed E-state index contributed by atoms with van der Waals surface area (Å²) >= 11 is 1.08. The molecule has 6 heteroatoms. The summed E-state index contributed by atoms with van der Waals surface area (Å²) in [6, 6.07) is 3.69. The molecule has 126 valence electrons. The number of ether oxygens (including phenoxy) is 1. The number of aryl methyl sites for hydroxylation is 2. The zero-order valence-electron chi connectivity index (χ0n) is 13.8. The molecule has 1 amide bonds. The Bertz CT molecular complexity index is 684. The normalized spacial score (nSPS) is 16.3. The fourth-order valence-corrected chi connectivity index (χ4v) is 3.25. The van der Waals surface area contributed by atoms with Gasteiger partial charge >= 0.3 is 5.97 Å². The highest BCUT2D eigenvalue weighted by atomic mass is 32.2. The van der Waals surface area contributed by atoms with Crippen molar-refractivity contribution in [3.8, 4) is 5.40 Å². The van der Waals surface area contributed by atoms with Crippen LogP contribution < -0.4 is 5.32 Å². The van der Waals surface area contributed by atoms with Gasteiger partial charge in [-0.3, -0.25) is 9.59 Å². The van der Waals surface area contributed by atoms with Crippen LogP contribution in [0.4, 0.5) is 5.69 Å². The molecule has 0 heterocycles. The van der Waals surface area contributed by atoms with E-state index in [-0.39, 0.29) is 24.4 Å². The lowest BCUT2D eigenvalue weighted by molar-refractivity contribution is -0.151. The van der Waals surface area contributed by atoms with Crippen LogP contribution in [-0.2, 0) is 14.3 Å². The van der Waals surface area contributed by atoms with Crippen molar-refractivity contribution in [2.75, 3.05) is 11.9 Å². The van der Waals surface area contributed by atoms with Crippen molar-refractivity contribution >= 4 is 29.3 Å². The van der Waals surface area contributed by atoms with Crippen molar-refractivity contribution in [3.63, 3.8) is 0 Å². The van der Waals surface area contributed by atoms with Crippen LogP contribution in [0.25, 0.3) is 0 Å². The number of benzene rings is 1. The Hall–Kier alpha value is -2.26. The molecule has 0 saturated heterocycles. The van der Waals surface area contributed by atoms with E-state index in [1.54, 1.807) is 0 Å². The molecule has 0 unspecified atom stereocenters. The van der Waals surface area contributed by atoms with E-state index >= 15 is 0 Å². The van der Waals surface area contributed by atoms with Gasteiger partial charge in [0.25, 0.3) is 5.91 Å². The molecule has 0 aromatic heterocycles. The van der Waals surface area contributed by atoms with E-state index in [0.29, 0.717) is 12.1 Å². The Morgan fingerprint density at radius 3 is 2.62 bits per heavy atom. The highest BCUT2D eigenvalue weighted by molar-refractivity contribution is 8.03. The van der Waals surface area contributed by atoms with Gasteiger partial charge in [0.2, 0.25) is 0 Å². The number of rotatable bonds is 5. The minimum atomic E-state index is -0.360. The lowest BCUT2D eigenvalue weighted by Crippen LogP contribution is -2.25. The van der Waals surface area contributed by atoms with E-state index in [9.17, 15) is 9.59 Å². The molecule has 2 rings (SSSR count). The van der Waals surface area contributed by atoms with E-state index in [0.717, 1.165) is 40.6 Å². The number of hydrogen-bond acceptors (Lipinski definition) is 5. The van der Waals surface area contributed by atoms with E-state index in [4.69, 9.17) is 10.00 Å². The van der Waals surface area contributed by atoms with Crippen molar-refractivity contribution in [1.29, 1.82) is 5.26 Å². The lowest BCUT2D eigenvalue weighted by Gasteiger charge is -2.17. The Balaban J connectivity index is 1.91. The molecule has 0 spiro atoms. The largest absolute Gasteiger partial charge is 0.455 e. The smallest absolute Gasteiger partial charge is 0.309 e. The molecule has 0 saturated carbocycles. The standard InChI is InChI=1S/C18H20N2O3S/c1-12-8-15(24-11-19)9-13(2)17(12)20-16(21)10-23-18(22)14-6-4-3-5-7-14/h3-4,8-9,14H,5-7,10H2,1-2H3,(H,20,21)/t14-/m1/s1. The summed E-state index contributed by atoms with van der Waals surface area (Å²) in [4.78, 5) is 24.8. The van der Waals surface area contributed by atoms with Gasteiger partial charge in [0.05, 0.1) is 5.92 Å². The molecule has 24 heavy (non-hydrogen) atoms. The van der Waals surface area contributed by atoms with Crippen molar-refractivity contribution in [2.45, 2.75) is 38.0 Å². The molecule has 1 atom stereocenters. The number of thioether (sulfide) groups is 1. The highest BCUT2D eigenvalue weighted by Gasteiger charge is 2.21. The number of nitrogens with one attached hydrogen (secondary N) is 1. The van der Waals surface area contributed by atoms with Crippen LogP contribution in [0.1, 0.15) is 30.4 Å². The Morgan fingerprint density at radius 1 is 1.33 bits per heavy atom. The summed E-state index contributed by atoms with van der Waals surface area (Å²) in [5.41, 5.74) is 2.42. The summed E-state index contributed by atoms with van der Waals surface area (Å²) in [7, 11) is 0. The number of amides is 1.